The van der Waals surface area contributed by atoms with E-state index in [1.807, 2.05) is 18.7 Å². The Hall–Kier alpha value is -4.24. The van der Waals surface area contributed by atoms with Gasteiger partial charge in [-0.15, -0.1) is 5.10 Å². The van der Waals surface area contributed by atoms with Gasteiger partial charge >= 0.3 is 0 Å². The van der Waals surface area contributed by atoms with Crippen molar-refractivity contribution in [3.8, 4) is 5.75 Å². The minimum Gasteiger partial charge on any atom is -0.459 e. The second kappa shape index (κ2) is 14.2. The summed E-state index contributed by atoms with van der Waals surface area (Å²) in [7, 11) is 0. The maximum absolute atomic E-state index is 14.8. The van der Waals surface area contributed by atoms with Crippen molar-refractivity contribution in [3.63, 3.8) is 0 Å². The fraction of sp³-hybridized carbons (Fsp3) is 0.500. The standard InChI is InChI=1S/C30H38F3N7O5/c1-29(2)19-38(12-13-44-29)18-25(41)35-23-9-11-39(28(43)26(23)32)10-8-21(31)16-40-17-24(36-37-40)27(42)34-15-20-6-5-7-22(14-20)45-30(3,4)33/h5-7,9,11,14,17,21H,8,10,12-13,15-16,18-19H2,1-4H3,(H,34,42)(H,35,41). The van der Waals surface area contributed by atoms with Crippen molar-refractivity contribution in [3.05, 3.63) is 70.2 Å². The Morgan fingerprint density at radius 3 is 2.76 bits per heavy atom. The van der Waals surface area contributed by atoms with Gasteiger partial charge in [0.2, 0.25) is 17.6 Å². The molecule has 1 aliphatic heterocycles. The average Bonchev–Trinajstić information content (AvgIpc) is 3.41. The molecule has 15 heteroatoms. The molecule has 1 aliphatic rings. The number of alkyl halides is 2. The van der Waals surface area contributed by atoms with E-state index in [-0.39, 0.29) is 44.0 Å². The van der Waals surface area contributed by atoms with Crippen molar-refractivity contribution < 1.29 is 32.2 Å². The van der Waals surface area contributed by atoms with Gasteiger partial charge in [0.1, 0.15) is 11.9 Å². The molecule has 2 N–H and O–H groups in total. The molecule has 1 atom stereocenters. The zero-order valence-electron chi connectivity index (χ0n) is 25.7. The Balaban J connectivity index is 1.24. The number of benzene rings is 1. The highest BCUT2D eigenvalue weighted by Gasteiger charge is 2.28. The number of rotatable bonds is 13. The minimum absolute atomic E-state index is 0.0219. The first-order valence-electron chi connectivity index (χ1n) is 14.5. The normalized spacial score (nSPS) is 15.8. The molecule has 1 fully saturated rings. The number of aryl methyl sites for hydroxylation is 1. The number of nitrogens with one attached hydrogen (secondary N) is 2. The third kappa shape index (κ3) is 10.1. The van der Waals surface area contributed by atoms with Crippen molar-refractivity contribution in [1.82, 2.24) is 29.8 Å². The molecular weight excluding hydrogens is 595 g/mol. The summed E-state index contributed by atoms with van der Waals surface area (Å²) in [6.07, 6.45) is 0.947. The number of hydrogen-bond donors (Lipinski definition) is 2. The maximum Gasteiger partial charge on any atom is 0.288 e. The summed E-state index contributed by atoms with van der Waals surface area (Å²) >= 11 is 0. The van der Waals surface area contributed by atoms with Crippen LogP contribution in [-0.2, 0) is 29.2 Å². The zero-order chi connectivity index (χ0) is 32.8. The summed E-state index contributed by atoms with van der Waals surface area (Å²) < 4.78 is 56.3. The van der Waals surface area contributed by atoms with Crippen LogP contribution < -0.4 is 20.9 Å². The fourth-order valence-electron chi connectivity index (χ4n) is 4.80. The largest absolute Gasteiger partial charge is 0.459 e. The molecule has 12 nitrogen and oxygen atoms in total. The molecule has 1 aromatic carbocycles. The quantitative estimate of drug-likeness (QED) is 0.294. The molecule has 3 aromatic rings. The first-order valence-corrected chi connectivity index (χ1v) is 14.5. The van der Waals surface area contributed by atoms with Gasteiger partial charge in [-0.05, 0) is 44.0 Å². The van der Waals surface area contributed by atoms with Crippen LogP contribution in [0.2, 0.25) is 0 Å². The molecule has 0 spiro atoms. The topological polar surface area (TPSA) is 133 Å². The van der Waals surface area contributed by atoms with Gasteiger partial charge in [-0.2, -0.15) is 8.78 Å². The van der Waals surface area contributed by atoms with Gasteiger partial charge in [-0.25, -0.2) is 9.07 Å². The number of pyridine rings is 1. The summed E-state index contributed by atoms with van der Waals surface area (Å²) in [5, 5.41) is 12.7. The highest BCUT2D eigenvalue weighted by Crippen LogP contribution is 2.21. The highest BCUT2D eigenvalue weighted by atomic mass is 19.2. The van der Waals surface area contributed by atoms with E-state index in [4.69, 9.17) is 9.47 Å². The first kappa shape index (κ1) is 33.6. The SMILES string of the molecule is CC(C)(F)Oc1cccc(CNC(=O)c2cn(CC(F)CCn3ccc(NC(=O)CN4CCOC(C)(C)C4)c(F)c3=O)nn2)c1. The predicted molar refractivity (Wildman–Crippen MR) is 159 cm³/mol. The predicted octanol–water partition coefficient (Wildman–Crippen LogP) is 3.07. The van der Waals surface area contributed by atoms with Crippen LogP contribution in [-0.4, -0.2) is 80.1 Å². The molecule has 45 heavy (non-hydrogen) atoms. The Labute approximate surface area is 258 Å². The van der Waals surface area contributed by atoms with Crippen LogP contribution >= 0.6 is 0 Å². The van der Waals surface area contributed by atoms with E-state index in [0.29, 0.717) is 31.0 Å². The number of morpholine rings is 1. The number of carbonyl (C=O) groups excluding carboxylic acids is 2. The van der Waals surface area contributed by atoms with Crippen molar-refractivity contribution in [1.29, 1.82) is 0 Å². The van der Waals surface area contributed by atoms with Crippen LogP contribution in [0, 0.1) is 5.82 Å². The Bertz CT molecular complexity index is 1550. The summed E-state index contributed by atoms with van der Waals surface area (Å²) in [6.45, 7) is 7.72. The second-order valence-corrected chi connectivity index (χ2v) is 11.9. The van der Waals surface area contributed by atoms with Gasteiger partial charge in [0.15, 0.2) is 5.69 Å². The summed E-state index contributed by atoms with van der Waals surface area (Å²) in [5.41, 5.74) is -1.00. The lowest BCUT2D eigenvalue weighted by Crippen LogP contribution is -2.50. The third-order valence-corrected chi connectivity index (χ3v) is 6.80. The first-order chi connectivity index (χ1) is 21.2. The van der Waals surface area contributed by atoms with Crippen LogP contribution in [0.25, 0.3) is 0 Å². The van der Waals surface area contributed by atoms with Crippen LogP contribution in [0.15, 0.2) is 47.5 Å². The number of aromatic nitrogens is 4. The summed E-state index contributed by atoms with van der Waals surface area (Å²) in [5.74, 6) is -3.69. The number of halogens is 3. The Kier molecular flexibility index (Phi) is 10.7. The Morgan fingerprint density at radius 1 is 1.24 bits per heavy atom. The summed E-state index contributed by atoms with van der Waals surface area (Å²) in [4.78, 5) is 39.4. The van der Waals surface area contributed by atoms with Gasteiger partial charge in [-0.1, -0.05) is 17.3 Å². The van der Waals surface area contributed by atoms with Crippen molar-refractivity contribution in [2.24, 2.45) is 0 Å². The average molecular weight is 634 g/mol. The van der Waals surface area contributed by atoms with Gasteiger partial charge < -0.3 is 24.7 Å². The summed E-state index contributed by atoms with van der Waals surface area (Å²) in [6, 6.07) is 7.86. The molecule has 0 radical (unpaired) electrons. The third-order valence-electron chi connectivity index (χ3n) is 6.80. The van der Waals surface area contributed by atoms with Crippen LogP contribution in [0.4, 0.5) is 18.9 Å². The molecule has 0 saturated carbocycles. The maximum atomic E-state index is 14.8. The van der Waals surface area contributed by atoms with E-state index in [1.54, 1.807) is 24.3 Å². The van der Waals surface area contributed by atoms with Gasteiger partial charge in [-0.3, -0.25) is 19.3 Å². The van der Waals surface area contributed by atoms with Crippen LogP contribution in [0.1, 0.15) is 50.2 Å². The number of anilines is 1. The van der Waals surface area contributed by atoms with E-state index in [0.717, 1.165) is 9.25 Å². The van der Waals surface area contributed by atoms with Crippen molar-refractivity contribution >= 4 is 17.5 Å². The van der Waals surface area contributed by atoms with E-state index >= 15 is 0 Å². The van der Waals surface area contributed by atoms with Gasteiger partial charge in [0.05, 0.1) is 37.2 Å². The van der Waals surface area contributed by atoms with E-state index in [1.165, 1.54) is 32.3 Å². The lowest BCUT2D eigenvalue weighted by atomic mass is 10.1. The van der Waals surface area contributed by atoms with E-state index in [9.17, 15) is 27.6 Å². The molecule has 0 bridgehead atoms. The lowest BCUT2D eigenvalue weighted by molar-refractivity contribution is -0.122. The molecule has 244 valence electrons. The zero-order valence-corrected chi connectivity index (χ0v) is 25.7. The molecule has 1 saturated heterocycles. The fourth-order valence-corrected chi connectivity index (χ4v) is 4.80. The second-order valence-electron chi connectivity index (χ2n) is 11.9. The number of nitrogens with zero attached hydrogens (tertiary/aromatic N) is 5. The molecule has 2 amide bonds. The van der Waals surface area contributed by atoms with Crippen molar-refractivity contribution in [2.75, 3.05) is 31.6 Å². The smallest absolute Gasteiger partial charge is 0.288 e. The minimum atomic E-state index is -1.86. The number of amides is 2. The highest BCUT2D eigenvalue weighted by molar-refractivity contribution is 5.92. The van der Waals surface area contributed by atoms with Gasteiger partial charge in [0, 0.05) is 46.2 Å². The molecule has 3 heterocycles. The van der Waals surface area contributed by atoms with Crippen molar-refractivity contribution in [2.45, 2.75) is 71.4 Å². The molecule has 0 aliphatic carbocycles. The van der Waals surface area contributed by atoms with E-state index in [2.05, 4.69) is 20.9 Å². The molecular formula is C30H38F3N7O5. The number of hydrogen-bond acceptors (Lipinski definition) is 8. The molecule has 2 aromatic heterocycles. The number of ether oxygens (including phenoxy) is 2. The number of carbonyl (C=O) groups is 2. The van der Waals surface area contributed by atoms with Crippen LogP contribution in [0.5, 0.6) is 5.75 Å². The molecule has 1 unspecified atom stereocenters. The molecule has 4 rings (SSSR count). The van der Waals surface area contributed by atoms with Crippen LogP contribution in [0.3, 0.4) is 0 Å². The Morgan fingerprint density at radius 2 is 2.02 bits per heavy atom. The van der Waals surface area contributed by atoms with Gasteiger partial charge in [0.25, 0.3) is 11.5 Å². The monoisotopic (exact) mass is 633 g/mol. The van der Waals surface area contributed by atoms with E-state index < -0.39 is 40.8 Å². The lowest BCUT2D eigenvalue weighted by Gasteiger charge is -2.37.